The van der Waals surface area contributed by atoms with E-state index in [0.717, 1.165) is 25.7 Å². The molecule has 5 nitrogen and oxygen atoms in total. The topological polar surface area (TPSA) is 69.4 Å². The molecule has 0 saturated heterocycles. The van der Waals surface area contributed by atoms with Crippen molar-refractivity contribution in [2.24, 2.45) is 0 Å². The van der Waals surface area contributed by atoms with Gasteiger partial charge in [-0.2, -0.15) is 0 Å². The fourth-order valence-corrected chi connectivity index (χ4v) is 2.48. The molecular formula is C16H17NO4. The molecule has 2 rings (SSSR count). The van der Waals surface area contributed by atoms with E-state index >= 15 is 0 Å². The fourth-order valence-electron chi connectivity index (χ4n) is 2.48. The van der Waals surface area contributed by atoms with E-state index in [4.69, 9.17) is 4.74 Å². The van der Waals surface area contributed by atoms with Crippen molar-refractivity contribution in [3.63, 3.8) is 0 Å². The molecule has 1 aromatic carbocycles. The molecule has 0 unspecified atom stereocenters. The van der Waals surface area contributed by atoms with E-state index in [-0.39, 0.29) is 11.5 Å². The highest BCUT2D eigenvalue weighted by Gasteiger charge is 2.29. The Hall–Kier alpha value is -2.19. The van der Waals surface area contributed by atoms with Gasteiger partial charge in [-0.15, -0.1) is 0 Å². The molecule has 0 aliphatic heterocycles. The number of hydrogen-bond donors (Lipinski definition) is 0. The third-order valence-corrected chi connectivity index (χ3v) is 3.80. The molecule has 1 saturated carbocycles. The minimum absolute atomic E-state index is 0.0415. The van der Waals surface area contributed by atoms with Gasteiger partial charge in [0.25, 0.3) is 5.69 Å². The van der Waals surface area contributed by atoms with Crippen molar-refractivity contribution < 1.29 is 14.5 Å². The largest absolute Gasteiger partial charge is 0.366 e. The van der Waals surface area contributed by atoms with Gasteiger partial charge in [0, 0.05) is 24.8 Å². The summed E-state index contributed by atoms with van der Waals surface area (Å²) < 4.78 is 5.50. The number of non-ortho nitro benzene ring substituents is 1. The number of carbonyl (C=O) groups is 1. The van der Waals surface area contributed by atoms with Crippen molar-refractivity contribution in [2.45, 2.75) is 37.7 Å². The Morgan fingerprint density at radius 2 is 1.86 bits per heavy atom. The van der Waals surface area contributed by atoms with Gasteiger partial charge in [-0.3, -0.25) is 14.9 Å². The van der Waals surface area contributed by atoms with Gasteiger partial charge >= 0.3 is 0 Å². The highest BCUT2D eigenvalue weighted by Crippen LogP contribution is 2.30. The van der Waals surface area contributed by atoms with Gasteiger partial charge in [-0.25, -0.2) is 0 Å². The lowest BCUT2D eigenvalue weighted by atomic mass is 9.85. The fraction of sp³-hybridized carbons (Fsp3) is 0.438. The monoisotopic (exact) mass is 287 g/mol. The highest BCUT2D eigenvalue weighted by molar-refractivity contribution is 6.09. The summed E-state index contributed by atoms with van der Waals surface area (Å²) in [4.78, 5) is 22.1. The second kappa shape index (κ2) is 6.51. The lowest BCUT2D eigenvalue weighted by Gasteiger charge is -2.30. The number of hydrogen-bond acceptors (Lipinski definition) is 4. The minimum Gasteiger partial charge on any atom is -0.366 e. The molecule has 21 heavy (non-hydrogen) atoms. The number of nitro groups is 1. The summed E-state index contributed by atoms with van der Waals surface area (Å²) in [5.74, 6) is 5.25. The number of rotatable bonds is 3. The molecule has 5 heteroatoms. The smallest absolute Gasteiger partial charge is 0.269 e. The first-order valence-electron chi connectivity index (χ1n) is 6.93. The summed E-state index contributed by atoms with van der Waals surface area (Å²) in [6.45, 7) is 0. The Morgan fingerprint density at radius 3 is 2.38 bits per heavy atom. The number of carbonyl (C=O) groups excluding carboxylic acids is 1. The van der Waals surface area contributed by atoms with Crippen LogP contribution in [0.2, 0.25) is 0 Å². The summed E-state index contributed by atoms with van der Waals surface area (Å²) >= 11 is 0. The number of nitro benzene ring substituents is 1. The van der Waals surface area contributed by atoms with Gasteiger partial charge in [0.15, 0.2) is 0 Å². The first-order valence-corrected chi connectivity index (χ1v) is 6.93. The maximum absolute atomic E-state index is 12.0. The maximum Gasteiger partial charge on any atom is 0.269 e. The predicted octanol–water partition coefficient (Wildman–Crippen LogP) is 3.13. The molecule has 1 fully saturated rings. The quantitative estimate of drug-likeness (QED) is 0.281. The molecular weight excluding hydrogens is 270 g/mol. The van der Waals surface area contributed by atoms with Crippen molar-refractivity contribution in [3.8, 4) is 11.8 Å². The molecule has 0 amide bonds. The van der Waals surface area contributed by atoms with Crippen molar-refractivity contribution >= 4 is 11.5 Å². The Labute approximate surface area is 123 Å². The van der Waals surface area contributed by atoms with Crippen LogP contribution in [0.3, 0.4) is 0 Å². The average Bonchev–Trinajstić information content (AvgIpc) is 2.53. The number of Topliss-reactive ketones (excluding diaryl/α,β-unsaturated/α-hetero) is 1. The molecule has 110 valence electrons. The lowest BCUT2D eigenvalue weighted by Crippen LogP contribution is -2.32. The lowest BCUT2D eigenvalue weighted by molar-refractivity contribution is -0.384. The number of benzene rings is 1. The standard InChI is InChI=1S/C16H17NO4/c1-21-16(10-3-2-4-11-16)12-9-15(18)13-5-7-14(8-6-13)17(19)20/h5-8H,2-4,10-11H2,1H3. The molecule has 0 bridgehead atoms. The van der Waals surface area contributed by atoms with Gasteiger partial charge in [0.2, 0.25) is 5.78 Å². The first kappa shape index (κ1) is 15.2. The third kappa shape index (κ3) is 3.67. The molecule has 0 radical (unpaired) electrons. The Bertz CT molecular complexity index is 589. The van der Waals surface area contributed by atoms with E-state index in [2.05, 4.69) is 11.8 Å². The van der Waals surface area contributed by atoms with E-state index in [9.17, 15) is 14.9 Å². The first-order chi connectivity index (χ1) is 10.1. The van der Waals surface area contributed by atoms with Crippen molar-refractivity contribution in [3.05, 3.63) is 39.9 Å². The van der Waals surface area contributed by atoms with Crippen LogP contribution in [0.4, 0.5) is 5.69 Å². The molecule has 1 aromatic rings. The van der Waals surface area contributed by atoms with Crippen LogP contribution in [0.25, 0.3) is 0 Å². The summed E-state index contributed by atoms with van der Waals surface area (Å²) in [5, 5.41) is 10.6. The van der Waals surface area contributed by atoms with Crippen molar-refractivity contribution in [1.29, 1.82) is 0 Å². The minimum atomic E-state index is -0.519. The van der Waals surface area contributed by atoms with Gasteiger partial charge in [0.05, 0.1) is 4.92 Å². The van der Waals surface area contributed by atoms with Crippen LogP contribution >= 0.6 is 0 Å². The van der Waals surface area contributed by atoms with E-state index < -0.39 is 10.5 Å². The zero-order valence-electron chi connectivity index (χ0n) is 11.9. The molecule has 0 heterocycles. The van der Waals surface area contributed by atoms with E-state index in [0.29, 0.717) is 5.56 Å². The summed E-state index contributed by atoms with van der Waals surface area (Å²) in [6, 6.07) is 5.47. The molecule has 0 spiro atoms. The number of ether oxygens (including phenoxy) is 1. The molecule has 0 aromatic heterocycles. The number of methoxy groups -OCH3 is 1. The maximum atomic E-state index is 12.0. The van der Waals surface area contributed by atoms with Gasteiger partial charge in [0.1, 0.15) is 5.60 Å². The normalized spacial score (nSPS) is 16.6. The SMILES string of the molecule is COC1(C#CC(=O)c2ccc([N+](=O)[O-])cc2)CCCCC1. The van der Waals surface area contributed by atoms with Crippen LogP contribution < -0.4 is 0 Å². The van der Waals surface area contributed by atoms with Gasteiger partial charge < -0.3 is 4.74 Å². The molecule has 1 aliphatic rings. The number of ketones is 1. The van der Waals surface area contributed by atoms with Crippen LogP contribution in [0.1, 0.15) is 42.5 Å². The summed E-state index contributed by atoms with van der Waals surface area (Å²) in [7, 11) is 1.62. The van der Waals surface area contributed by atoms with E-state index in [1.54, 1.807) is 7.11 Å². The zero-order chi connectivity index (χ0) is 15.3. The molecule has 1 aliphatic carbocycles. The zero-order valence-corrected chi connectivity index (χ0v) is 11.9. The van der Waals surface area contributed by atoms with Gasteiger partial charge in [-0.05, 0) is 43.7 Å². The van der Waals surface area contributed by atoms with Crippen LogP contribution in [0.15, 0.2) is 24.3 Å². The second-order valence-corrected chi connectivity index (χ2v) is 5.14. The Kier molecular flexibility index (Phi) is 4.71. The van der Waals surface area contributed by atoms with E-state index in [1.165, 1.54) is 30.7 Å². The Balaban J connectivity index is 2.14. The van der Waals surface area contributed by atoms with Crippen molar-refractivity contribution in [2.75, 3.05) is 7.11 Å². The summed E-state index contributed by atoms with van der Waals surface area (Å²) in [6.07, 6.45) is 4.94. The Morgan fingerprint density at radius 1 is 1.24 bits per heavy atom. The average molecular weight is 287 g/mol. The third-order valence-electron chi connectivity index (χ3n) is 3.80. The molecule has 0 N–H and O–H groups in total. The second-order valence-electron chi connectivity index (χ2n) is 5.14. The predicted molar refractivity (Wildman–Crippen MR) is 78.0 cm³/mol. The van der Waals surface area contributed by atoms with Crippen LogP contribution in [0, 0.1) is 22.0 Å². The highest BCUT2D eigenvalue weighted by atomic mass is 16.6. The molecule has 0 atom stereocenters. The summed E-state index contributed by atoms with van der Waals surface area (Å²) in [5.41, 5.74) is -0.204. The number of nitrogens with zero attached hydrogens (tertiary/aromatic N) is 1. The van der Waals surface area contributed by atoms with Crippen LogP contribution in [-0.2, 0) is 4.74 Å². The van der Waals surface area contributed by atoms with Crippen LogP contribution in [-0.4, -0.2) is 23.4 Å². The van der Waals surface area contributed by atoms with Gasteiger partial charge in [-0.1, -0.05) is 12.3 Å². The van der Waals surface area contributed by atoms with Crippen molar-refractivity contribution in [1.82, 2.24) is 0 Å². The van der Waals surface area contributed by atoms with Crippen LogP contribution in [0.5, 0.6) is 0 Å². The van der Waals surface area contributed by atoms with E-state index in [1.807, 2.05) is 0 Å².